The molecule has 0 unspecified atom stereocenters. The summed E-state index contributed by atoms with van der Waals surface area (Å²) in [5, 5.41) is 9.44. The number of hydrogen-bond acceptors (Lipinski definition) is 5. The predicted molar refractivity (Wildman–Crippen MR) is 112 cm³/mol. The zero-order valence-corrected chi connectivity index (χ0v) is 17.3. The molecule has 28 heavy (non-hydrogen) atoms. The fourth-order valence-electron chi connectivity index (χ4n) is 2.90. The van der Waals surface area contributed by atoms with E-state index in [9.17, 15) is 4.79 Å². The lowest BCUT2D eigenvalue weighted by atomic mass is 10.1. The lowest BCUT2D eigenvalue weighted by Gasteiger charge is -2.18. The third-order valence-electron chi connectivity index (χ3n) is 4.52. The van der Waals surface area contributed by atoms with Crippen molar-refractivity contribution in [1.82, 2.24) is 24.6 Å². The highest BCUT2D eigenvalue weighted by atomic mass is 32.2. The Morgan fingerprint density at radius 3 is 2.61 bits per heavy atom. The van der Waals surface area contributed by atoms with Gasteiger partial charge in [-0.3, -0.25) is 9.78 Å². The predicted octanol–water partition coefficient (Wildman–Crippen LogP) is 3.81. The van der Waals surface area contributed by atoms with Crippen LogP contribution in [0, 0.1) is 6.92 Å². The average molecular weight is 396 g/mol. The summed E-state index contributed by atoms with van der Waals surface area (Å²) in [5.41, 5.74) is 3.34. The third-order valence-corrected chi connectivity index (χ3v) is 5.47. The fourth-order valence-corrected chi connectivity index (χ4v) is 3.81. The molecule has 0 aliphatic rings. The standard InChI is InChI=1S/C21H25N5OS/c1-4-13-26-20(17-9-11-22-12-10-17)23-24-21(26)28-15-19(27)25(3)14-18-8-6-5-7-16(18)2/h5-12H,4,13-15H2,1-3H3. The van der Waals surface area contributed by atoms with Crippen molar-refractivity contribution >= 4 is 17.7 Å². The molecule has 3 rings (SSSR count). The van der Waals surface area contributed by atoms with Gasteiger partial charge in [-0.2, -0.15) is 0 Å². The molecule has 3 aromatic rings. The average Bonchev–Trinajstić information content (AvgIpc) is 3.11. The lowest BCUT2D eigenvalue weighted by Crippen LogP contribution is -2.28. The normalized spacial score (nSPS) is 10.8. The van der Waals surface area contributed by atoms with Gasteiger partial charge in [0.05, 0.1) is 5.75 Å². The van der Waals surface area contributed by atoms with E-state index in [2.05, 4.69) is 45.7 Å². The zero-order valence-electron chi connectivity index (χ0n) is 16.5. The van der Waals surface area contributed by atoms with Gasteiger partial charge in [0, 0.05) is 38.1 Å². The van der Waals surface area contributed by atoms with E-state index in [0.717, 1.165) is 35.1 Å². The van der Waals surface area contributed by atoms with Crippen molar-refractivity contribution in [2.45, 2.75) is 38.5 Å². The van der Waals surface area contributed by atoms with Crippen LogP contribution in [0.25, 0.3) is 11.4 Å². The molecule has 2 aromatic heterocycles. The van der Waals surface area contributed by atoms with Crippen LogP contribution in [0.3, 0.4) is 0 Å². The molecule has 0 aliphatic carbocycles. The van der Waals surface area contributed by atoms with Gasteiger partial charge in [0.1, 0.15) is 0 Å². The van der Waals surface area contributed by atoms with Crippen molar-refractivity contribution < 1.29 is 4.79 Å². The van der Waals surface area contributed by atoms with Gasteiger partial charge in [-0.25, -0.2) is 0 Å². The first-order valence-corrected chi connectivity index (χ1v) is 10.3. The second-order valence-corrected chi connectivity index (χ2v) is 7.60. The molecular weight excluding hydrogens is 370 g/mol. The van der Waals surface area contributed by atoms with Crippen LogP contribution >= 0.6 is 11.8 Å². The molecule has 0 spiro atoms. The molecule has 0 radical (unpaired) electrons. The van der Waals surface area contributed by atoms with Crippen molar-refractivity contribution in [2.24, 2.45) is 0 Å². The summed E-state index contributed by atoms with van der Waals surface area (Å²) in [5.74, 6) is 1.22. The van der Waals surface area contributed by atoms with Crippen molar-refractivity contribution in [1.29, 1.82) is 0 Å². The topological polar surface area (TPSA) is 63.9 Å². The van der Waals surface area contributed by atoms with E-state index >= 15 is 0 Å². The van der Waals surface area contributed by atoms with Gasteiger partial charge in [0.25, 0.3) is 0 Å². The number of carbonyl (C=O) groups excluding carboxylic acids is 1. The minimum absolute atomic E-state index is 0.0739. The molecule has 0 atom stereocenters. The number of benzene rings is 1. The van der Waals surface area contributed by atoms with Crippen molar-refractivity contribution in [3.63, 3.8) is 0 Å². The molecule has 1 aromatic carbocycles. The Morgan fingerprint density at radius 2 is 1.89 bits per heavy atom. The van der Waals surface area contributed by atoms with Crippen molar-refractivity contribution in [3.05, 3.63) is 59.9 Å². The number of hydrogen-bond donors (Lipinski definition) is 0. The molecular formula is C21H25N5OS. The van der Waals surface area contributed by atoms with Gasteiger partial charge < -0.3 is 9.47 Å². The van der Waals surface area contributed by atoms with Gasteiger partial charge >= 0.3 is 0 Å². The van der Waals surface area contributed by atoms with E-state index in [1.807, 2.05) is 31.3 Å². The summed E-state index contributed by atoms with van der Waals surface area (Å²) in [7, 11) is 1.84. The first-order chi connectivity index (χ1) is 13.6. The van der Waals surface area contributed by atoms with E-state index in [-0.39, 0.29) is 5.91 Å². The first-order valence-electron chi connectivity index (χ1n) is 9.35. The van der Waals surface area contributed by atoms with E-state index in [1.165, 1.54) is 17.3 Å². The van der Waals surface area contributed by atoms with Crippen molar-refractivity contribution in [3.8, 4) is 11.4 Å². The van der Waals surface area contributed by atoms with E-state index in [1.54, 1.807) is 17.3 Å². The molecule has 0 bridgehead atoms. The maximum atomic E-state index is 12.6. The Hall–Kier alpha value is -2.67. The summed E-state index contributed by atoms with van der Waals surface area (Å²) < 4.78 is 2.08. The first kappa shape index (κ1) is 20.1. The lowest BCUT2D eigenvalue weighted by molar-refractivity contribution is -0.127. The van der Waals surface area contributed by atoms with Crippen LogP contribution in [-0.2, 0) is 17.9 Å². The van der Waals surface area contributed by atoms with E-state index < -0.39 is 0 Å². The van der Waals surface area contributed by atoms with Crippen LogP contribution in [0.1, 0.15) is 24.5 Å². The second kappa shape index (κ2) is 9.50. The fraction of sp³-hybridized carbons (Fsp3) is 0.333. The Bertz CT molecular complexity index is 926. The molecule has 0 fully saturated rings. The highest BCUT2D eigenvalue weighted by Gasteiger charge is 2.17. The summed E-state index contributed by atoms with van der Waals surface area (Å²) in [6.45, 7) is 5.60. The zero-order chi connectivity index (χ0) is 19.9. The SMILES string of the molecule is CCCn1c(SCC(=O)N(C)Cc2ccccc2C)nnc1-c1ccncc1. The van der Waals surface area contributed by atoms with Crippen LogP contribution in [0.2, 0.25) is 0 Å². The Morgan fingerprint density at radius 1 is 1.14 bits per heavy atom. The van der Waals surface area contributed by atoms with E-state index in [4.69, 9.17) is 0 Å². The van der Waals surface area contributed by atoms with Crippen LogP contribution < -0.4 is 0 Å². The van der Waals surface area contributed by atoms with Gasteiger partial charge in [-0.15, -0.1) is 10.2 Å². The highest BCUT2D eigenvalue weighted by molar-refractivity contribution is 7.99. The summed E-state index contributed by atoms with van der Waals surface area (Å²) >= 11 is 1.44. The molecule has 1 amide bonds. The number of amides is 1. The molecule has 0 saturated carbocycles. The summed E-state index contributed by atoms with van der Waals surface area (Å²) in [4.78, 5) is 18.4. The number of aryl methyl sites for hydroxylation is 1. The number of pyridine rings is 1. The number of aromatic nitrogens is 4. The molecule has 6 nitrogen and oxygen atoms in total. The minimum Gasteiger partial charge on any atom is -0.341 e. The molecule has 7 heteroatoms. The van der Waals surface area contributed by atoms with Gasteiger partial charge in [-0.1, -0.05) is 43.0 Å². The van der Waals surface area contributed by atoms with Gasteiger partial charge in [0.2, 0.25) is 5.91 Å². The number of rotatable bonds is 8. The quantitative estimate of drug-likeness (QED) is 0.543. The number of carbonyl (C=O) groups is 1. The smallest absolute Gasteiger partial charge is 0.233 e. The number of thioether (sulfide) groups is 1. The van der Waals surface area contributed by atoms with Crippen LogP contribution in [0.4, 0.5) is 0 Å². The Kier molecular flexibility index (Phi) is 6.81. The minimum atomic E-state index is 0.0739. The molecule has 2 heterocycles. The number of nitrogens with zero attached hydrogens (tertiary/aromatic N) is 5. The van der Waals surface area contributed by atoms with E-state index in [0.29, 0.717) is 12.3 Å². The maximum absolute atomic E-state index is 12.6. The second-order valence-electron chi connectivity index (χ2n) is 6.66. The summed E-state index contributed by atoms with van der Waals surface area (Å²) in [6.07, 6.45) is 4.46. The molecule has 146 valence electrons. The van der Waals surface area contributed by atoms with Crippen LogP contribution in [0.5, 0.6) is 0 Å². The maximum Gasteiger partial charge on any atom is 0.233 e. The van der Waals surface area contributed by atoms with Gasteiger partial charge in [-0.05, 0) is 36.6 Å². The monoisotopic (exact) mass is 395 g/mol. The highest BCUT2D eigenvalue weighted by Crippen LogP contribution is 2.24. The van der Waals surface area contributed by atoms with Crippen molar-refractivity contribution in [2.75, 3.05) is 12.8 Å². The molecule has 0 saturated heterocycles. The molecule has 0 N–H and O–H groups in total. The Labute approximate surface area is 170 Å². The van der Waals surface area contributed by atoms with Crippen LogP contribution in [-0.4, -0.2) is 43.4 Å². The third kappa shape index (κ3) is 4.78. The van der Waals surface area contributed by atoms with Gasteiger partial charge in [0.15, 0.2) is 11.0 Å². The summed E-state index contributed by atoms with van der Waals surface area (Å²) in [6, 6.07) is 12.0. The molecule has 0 aliphatic heterocycles. The Balaban J connectivity index is 1.67. The van der Waals surface area contributed by atoms with Crippen LogP contribution in [0.15, 0.2) is 53.9 Å². The largest absolute Gasteiger partial charge is 0.341 e.